The number of nitrogens with one attached hydrogen (secondary N) is 2. The van der Waals surface area contributed by atoms with Crippen LogP contribution in [0.3, 0.4) is 0 Å². The minimum Gasteiger partial charge on any atom is -0.356 e. The first-order valence-electron chi connectivity index (χ1n) is 10.7. The Bertz CT molecular complexity index is 642. The third-order valence-electron chi connectivity index (χ3n) is 5.40. The highest BCUT2D eigenvalue weighted by Crippen LogP contribution is 2.06. The van der Waals surface area contributed by atoms with Gasteiger partial charge in [0.25, 0.3) is 5.91 Å². The number of unbranched alkanes of at least 4 members (excludes halogenated alkanes) is 1. The molecule has 0 aromatic heterocycles. The lowest BCUT2D eigenvalue weighted by atomic mass is 10.1. The summed E-state index contributed by atoms with van der Waals surface area (Å²) in [6.45, 7) is 11.0. The molecular formula is C22H39IN6O. The quantitative estimate of drug-likeness (QED) is 0.222. The number of halogens is 1. The molecular weight excluding hydrogens is 491 g/mol. The SMILES string of the molecule is CCN1CCN(CCCCNC(=NC)NCc2ccc(C(=O)N(C)C)cc2)CC1.I. The van der Waals surface area contributed by atoms with Crippen molar-refractivity contribution in [3.05, 3.63) is 35.4 Å². The molecule has 0 spiro atoms. The highest BCUT2D eigenvalue weighted by atomic mass is 127. The molecule has 2 rings (SSSR count). The Kier molecular flexibility index (Phi) is 13.0. The Morgan fingerprint density at radius 1 is 1.03 bits per heavy atom. The van der Waals surface area contributed by atoms with Crippen molar-refractivity contribution in [2.75, 3.05) is 67.0 Å². The number of amides is 1. The number of carbonyl (C=O) groups excluding carboxylic acids is 1. The van der Waals surface area contributed by atoms with E-state index in [1.54, 1.807) is 26.0 Å². The van der Waals surface area contributed by atoms with Gasteiger partial charge in [-0.05, 0) is 43.6 Å². The van der Waals surface area contributed by atoms with Crippen LogP contribution in [0.4, 0.5) is 0 Å². The Labute approximate surface area is 199 Å². The van der Waals surface area contributed by atoms with Crippen LogP contribution in [0.5, 0.6) is 0 Å². The van der Waals surface area contributed by atoms with Gasteiger partial charge < -0.3 is 25.3 Å². The lowest BCUT2D eigenvalue weighted by Gasteiger charge is -2.34. The summed E-state index contributed by atoms with van der Waals surface area (Å²) in [7, 11) is 5.32. The van der Waals surface area contributed by atoms with Crippen molar-refractivity contribution >= 4 is 35.8 Å². The molecule has 0 bridgehead atoms. The molecule has 1 aliphatic heterocycles. The average Bonchev–Trinajstić information content (AvgIpc) is 2.75. The van der Waals surface area contributed by atoms with Crippen molar-refractivity contribution in [2.24, 2.45) is 4.99 Å². The number of likely N-dealkylation sites (N-methyl/N-ethyl adjacent to an activating group) is 1. The van der Waals surface area contributed by atoms with Gasteiger partial charge in [0, 0.05) is 66.0 Å². The van der Waals surface area contributed by atoms with E-state index in [9.17, 15) is 4.79 Å². The third kappa shape index (κ3) is 9.18. The summed E-state index contributed by atoms with van der Waals surface area (Å²) in [4.78, 5) is 22.9. The largest absolute Gasteiger partial charge is 0.356 e. The van der Waals surface area contributed by atoms with Crippen molar-refractivity contribution < 1.29 is 4.79 Å². The maximum Gasteiger partial charge on any atom is 0.253 e. The number of benzene rings is 1. The number of hydrogen-bond acceptors (Lipinski definition) is 4. The number of piperazine rings is 1. The summed E-state index contributed by atoms with van der Waals surface area (Å²) >= 11 is 0. The Morgan fingerprint density at radius 2 is 1.67 bits per heavy atom. The molecule has 2 N–H and O–H groups in total. The van der Waals surface area contributed by atoms with Crippen molar-refractivity contribution in [3.8, 4) is 0 Å². The normalized spacial score (nSPS) is 15.4. The molecule has 1 heterocycles. The molecule has 0 atom stereocenters. The predicted octanol–water partition coefficient (Wildman–Crippen LogP) is 2.09. The van der Waals surface area contributed by atoms with Crippen LogP contribution in [0.25, 0.3) is 0 Å². The van der Waals surface area contributed by atoms with Crippen LogP contribution < -0.4 is 10.6 Å². The number of nitrogens with zero attached hydrogens (tertiary/aromatic N) is 4. The summed E-state index contributed by atoms with van der Waals surface area (Å²) in [5, 5.41) is 6.73. The maximum atomic E-state index is 11.9. The van der Waals surface area contributed by atoms with Crippen LogP contribution in [0, 0.1) is 0 Å². The fourth-order valence-corrected chi connectivity index (χ4v) is 3.43. The standard InChI is InChI=1S/C22H38N6O.HI/c1-5-27-14-16-28(17-15-27)13-7-6-12-24-22(23-2)25-18-19-8-10-20(11-9-19)21(29)26(3)4;/h8-11H,5-7,12-18H2,1-4H3,(H2,23,24,25);1H. The molecule has 1 aromatic carbocycles. The molecule has 30 heavy (non-hydrogen) atoms. The van der Waals surface area contributed by atoms with Gasteiger partial charge in [-0.3, -0.25) is 9.79 Å². The van der Waals surface area contributed by atoms with Crippen LogP contribution in [0.1, 0.15) is 35.7 Å². The molecule has 0 unspecified atom stereocenters. The van der Waals surface area contributed by atoms with Crippen molar-refractivity contribution in [2.45, 2.75) is 26.3 Å². The molecule has 170 valence electrons. The van der Waals surface area contributed by atoms with Crippen LogP contribution in [-0.4, -0.2) is 93.5 Å². The van der Waals surface area contributed by atoms with Crippen LogP contribution in [0.15, 0.2) is 29.3 Å². The number of guanidine groups is 1. The van der Waals surface area contributed by atoms with E-state index in [0.29, 0.717) is 12.1 Å². The van der Waals surface area contributed by atoms with Gasteiger partial charge in [0.1, 0.15) is 0 Å². The maximum absolute atomic E-state index is 11.9. The molecule has 1 saturated heterocycles. The van der Waals surface area contributed by atoms with Gasteiger partial charge in [0.05, 0.1) is 0 Å². The lowest BCUT2D eigenvalue weighted by Crippen LogP contribution is -2.46. The molecule has 0 radical (unpaired) electrons. The van der Waals surface area contributed by atoms with Gasteiger partial charge in [-0.2, -0.15) is 0 Å². The fraction of sp³-hybridized carbons (Fsp3) is 0.636. The van der Waals surface area contributed by atoms with Crippen molar-refractivity contribution in [3.63, 3.8) is 0 Å². The zero-order chi connectivity index (χ0) is 21.1. The molecule has 0 aliphatic carbocycles. The molecule has 1 aromatic rings. The van der Waals surface area contributed by atoms with E-state index in [4.69, 9.17) is 0 Å². The summed E-state index contributed by atoms with van der Waals surface area (Å²) in [6.07, 6.45) is 2.34. The summed E-state index contributed by atoms with van der Waals surface area (Å²) < 4.78 is 0. The summed E-state index contributed by atoms with van der Waals surface area (Å²) in [6, 6.07) is 7.70. The van der Waals surface area contributed by atoms with Crippen molar-refractivity contribution in [1.82, 2.24) is 25.3 Å². The minimum absolute atomic E-state index is 0. The third-order valence-corrected chi connectivity index (χ3v) is 5.40. The average molecular weight is 530 g/mol. The van der Waals surface area contributed by atoms with E-state index < -0.39 is 0 Å². The lowest BCUT2D eigenvalue weighted by molar-refractivity contribution is 0.0827. The van der Waals surface area contributed by atoms with Crippen LogP contribution in [-0.2, 0) is 6.54 Å². The number of rotatable bonds is 9. The van der Waals surface area contributed by atoms with Crippen LogP contribution in [0.2, 0.25) is 0 Å². The molecule has 8 heteroatoms. The summed E-state index contributed by atoms with van der Waals surface area (Å²) in [5.41, 5.74) is 1.83. The fourth-order valence-electron chi connectivity index (χ4n) is 3.43. The van der Waals surface area contributed by atoms with Gasteiger partial charge in [0.15, 0.2) is 5.96 Å². The number of aliphatic imine (C=N–C) groups is 1. The van der Waals surface area contributed by atoms with Crippen LogP contribution >= 0.6 is 24.0 Å². The highest BCUT2D eigenvalue weighted by Gasteiger charge is 2.14. The minimum atomic E-state index is 0. The van der Waals surface area contributed by atoms with Crippen molar-refractivity contribution in [1.29, 1.82) is 0 Å². The topological polar surface area (TPSA) is 63.2 Å². The molecule has 0 saturated carbocycles. The molecule has 1 fully saturated rings. The second-order valence-corrected chi connectivity index (χ2v) is 7.73. The van der Waals surface area contributed by atoms with Gasteiger partial charge in [0.2, 0.25) is 0 Å². The van der Waals surface area contributed by atoms with E-state index in [1.807, 2.05) is 24.3 Å². The molecule has 1 aliphatic rings. The van der Waals surface area contributed by atoms with E-state index >= 15 is 0 Å². The Morgan fingerprint density at radius 3 is 2.23 bits per heavy atom. The Hall–Kier alpha value is -1.39. The number of carbonyl (C=O) groups is 1. The first-order chi connectivity index (χ1) is 14.0. The van der Waals surface area contributed by atoms with E-state index in [2.05, 4.69) is 32.3 Å². The highest BCUT2D eigenvalue weighted by molar-refractivity contribution is 14.0. The smallest absolute Gasteiger partial charge is 0.253 e. The Balaban J connectivity index is 0.00000450. The second-order valence-electron chi connectivity index (χ2n) is 7.73. The molecule has 7 nitrogen and oxygen atoms in total. The van der Waals surface area contributed by atoms with E-state index in [-0.39, 0.29) is 29.9 Å². The second kappa shape index (κ2) is 14.6. The zero-order valence-electron chi connectivity index (χ0n) is 19.0. The first-order valence-corrected chi connectivity index (χ1v) is 10.7. The zero-order valence-corrected chi connectivity index (χ0v) is 21.3. The van der Waals surface area contributed by atoms with Gasteiger partial charge >= 0.3 is 0 Å². The number of hydrogen-bond donors (Lipinski definition) is 2. The van der Waals surface area contributed by atoms with Gasteiger partial charge in [-0.25, -0.2) is 0 Å². The predicted molar refractivity (Wildman–Crippen MR) is 136 cm³/mol. The van der Waals surface area contributed by atoms with Gasteiger partial charge in [-0.1, -0.05) is 19.1 Å². The monoisotopic (exact) mass is 530 g/mol. The first kappa shape index (κ1) is 26.6. The summed E-state index contributed by atoms with van der Waals surface area (Å²) in [5.74, 6) is 0.837. The van der Waals surface area contributed by atoms with E-state index in [0.717, 1.165) is 24.5 Å². The molecule has 1 amide bonds. The van der Waals surface area contributed by atoms with E-state index in [1.165, 1.54) is 45.7 Å². The van der Waals surface area contributed by atoms with Gasteiger partial charge in [-0.15, -0.1) is 24.0 Å².